The van der Waals surface area contributed by atoms with Crippen molar-refractivity contribution in [1.82, 2.24) is 5.32 Å². The van der Waals surface area contributed by atoms with E-state index in [1.165, 1.54) is 17.2 Å². The highest BCUT2D eigenvalue weighted by atomic mass is 16.3. The Bertz CT molecular complexity index is 1400. The van der Waals surface area contributed by atoms with Gasteiger partial charge in [0.2, 0.25) is 5.91 Å². The van der Waals surface area contributed by atoms with E-state index in [1.54, 1.807) is 18.3 Å². The van der Waals surface area contributed by atoms with Gasteiger partial charge in [0.05, 0.1) is 17.7 Å². The van der Waals surface area contributed by atoms with Gasteiger partial charge in [0, 0.05) is 37.6 Å². The number of carbonyl (C=O) groups is 1. The second-order valence-electron chi connectivity index (χ2n) is 11.0. The minimum atomic E-state index is -1.30. The number of rotatable bonds is 12. The maximum Gasteiger partial charge on any atom is 0.220 e. The molecule has 6 heteroatoms. The van der Waals surface area contributed by atoms with Gasteiger partial charge in [-0.2, -0.15) is 0 Å². The highest BCUT2D eigenvalue weighted by molar-refractivity contribution is 5.76. The van der Waals surface area contributed by atoms with E-state index in [0.717, 1.165) is 23.1 Å². The quantitative estimate of drug-likeness (QED) is 0.248. The van der Waals surface area contributed by atoms with Crippen LogP contribution in [0.3, 0.4) is 0 Å². The molecule has 1 amide bonds. The molecule has 2 unspecified atom stereocenters. The number of amides is 1. The Balaban J connectivity index is 1.48. The zero-order valence-corrected chi connectivity index (χ0v) is 23.7. The van der Waals surface area contributed by atoms with Crippen LogP contribution < -0.4 is 5.32 Å². The van der Waals surface area contributed by atoms with Crippen molar-refractivity contribution >= 4 is 12.1 Å². The van der Waals surface area contributed by atoms with Crippen molar-refractivity contribution < 1.29 is 20.1 Å². The number of allylic oxidation sites excluding steroid dienone is 1. The van der Waals surface area contributed by atoms with Crippen molar-refractivity contribution in [3.05, 3.63) is 112 Å². The number of benzene rings is 3. The molecule has 1 aliphatic rings. The first kappa shape index (κ1) is 29.2. The van der Waals surface area contributed by atoms with Crippen molar-refractivity contribution in [2.24, 2.45) is 4.99 Å². The highest BCUT2D eigenvalue weighted by Gasteiger charge is 2.40. The number of aromatic hydroxyl groups is 1. The fourth-order valence-electron chi connectivity index (χ4n) is 5.36. The van der Waals surface area contributed by atoms with Crippen molar-refractivity contribution in [1.29, 1.82) is 0 Å². The Hall–Kier alpha value is -3.74. The molecule has 0 saturated carbocycles. The van der Waals surface area contributed by atoms with Crippen molar-refractivity contribution in [2.75, 3.05) is 0 Å². The Morgan fingerprint density at radius 2 is 1.80 bits per heavy atom. The maximum atomic E-state index is 12.6. The summed E-state index contributed by atoms with van der Waals surface area (Å²) in [5.74, 6) is -0.00749. The molecule has 0 aliphatic carbocycles. The Labute approximate surface area is 237 Å². The number of phenols is 1. The van der Waals surface area contributed by atoms with Crippen LogP contribution in [0, 0.1) is 13.8 Å². The van der Waals surface area contributed by atoms with Gasteiger partial charge in [0.25, 0.3) is 0 Å². The van der Waals surface area contributed by atoms with Crippen LogP contribution in [-0.2, 0) is 36.4 Å². The third-order valence-electron chi connectivity index (χ3n) is 8.01. The van der Waals surface area contributed by atoms with Crippen LogP contribution in [0.4, 0.5) is 0 Å². The van der Waals surface area contributed by atoms with Crippen LogP contribution in [0.25, 0.3) is 0 Å². The van der Waals surface area contributed by atoms with E-state index in [2.05, 4.69) is 43.2 Å². The summed E-state index contributed by atoms with van der Waals surface area (Å²) >= 11 is 0. The molecular formula is C34H40N2O4. The molecule has 0 fully saturated rings. The molecule has 210 valence electrons. The predicted octanol–water partition coefficient (Wildman–Crippen LogP) is 5.36. The molecule has 1 heterocycles. The van der Waals surface area contributed by atoms with Gasteiger partial charge in [-0.15, -0.1) is 0 Å². The van der Waals surface area contributed by atoms with Gasteiger partial charge in [0.1, 0.15) is 5.75 Å². The predicted molar refractivity (Wildman–Crippen MR) is 159 cm³/mol. The van der Waals surface area contributed by atoms with Crippen molar-refractivity contribution in [2.45, 2.75) is 77.2 Å². The summed E-state index contributed by atoms with van der Waals surface area (Å²) in [5.41, 5.74) is 4.64. The second-order valence-corrected chi connectivity index (χ2v) is 11.0. The molecule has 2 atom stereocenters. The lowest BCUT2D eigenvalue weighted by Gasteiger charge is -2.36. The fraction of sp³-hybridized carbons (Fsp3) is 0.353. The molecule has 0 aromatic heterocycles. The van der Waals surface area contributed by atoms with Gasteiger partial charge in [0.15, 0.2) is 0 Å². The first-order valence-electron chi connectivity index (χ1n) is 13.9. The van der Waals surface area contributed by atoms with Crippen LogP contribution in [0.1, 0.15) is 65.1 Å². The van der Waals surface area contributed by atoms with Crippen molar-refractivity contribution in [3.63, 3.8) is 0 Å². The average Bonchev–Trinajstić information content (AvgIpc) is 3.41. The summed E-state index contributed by atoms with van der Waals surface area (Å²) < 4.78 is 0. The molecule has 0 spiro atoms. The summed E-state index contributed by atoms with van der Waals surface area (Å²) in [6, 6.07) is 19.1. The van der Waals surface area contributed by atoms with E-state index in [4.69, 9.17) is 0 Å². The number of hydrogen-bond acceptors (Lipinski definition) is 5. The smallest absolute Gasteiger partial charge is 0.220 e. The van der Waals surface area contributed by atoms with E-state index in [0.29, 0.717) is 43.4 Å². The Morgan fingerprint density at radius 3 is 2.50 bits per heavy atom. The molecule has 4 N–H and O–H groups in total. The maximum absolute atomic E-state index is 12.6. The molecule has 0 saturated heterocycles. The third-order valence-corrected chi connectivity index (χ3v) is 8.01. The number of nitrogens with zero attached hydrogens (tertiary/aromatic N) is 1. The van der Waals surface area contributed by atoms with Crippen LogP contribution in [0.15, 0.2) is 77.8 Å². The molecule has 3 aromatic carbocycles. The number of hydrogen-bond donors (Lipinski definition) is 4. The normalized spacial score (nSPS) is 17.6. The Kier molecular flexibility index (Phi) is 9.23. The topological polar surface area (TPSA) is 102 Å². The Morgan fingerprint density at radius 1 is 1.00 bits per heavy atom. The summed E-state index contributed by atoms with van der Waals surface area (Å²) in [5, 5.41) is 35.1. The largest absolute Gasteiger partial charge is 0.508 e. The number of nitrogens with one attached hydrogen (secondary N) is 1. The van der Waals surface area contributed by atoms with Crippen LogP contribution in [0.2, 0.25) is 0 Å². The van der Waals surface area contributed by atoms with Crippen molar-refractivity contribution in [3.8, 4) is 5.75 Å². The zero-order chi connectivity index (χ0) is 28.8. The SMILES string of the molecule is CCC1(CC(O)(Cc2cccc(CCC(=O)NCc3ccc(C)c(C)c3)c2)c2ccc(O)c(CO)c2)C=CC=N1. The highest BCUT2D eigenvalue weighted by Crippen LogP contribution is 2.40. The summed E-state index contributed by atoms with van der Waals surface area (Å²) in [4.78, 5) is 17.3. The molecule has 0 bridgehead atoms. The molecule has 1 aliphatic heterocycles. The third kappa shape index (κ3) is 7.06. The van der Waals surface area contributed by atoms with Gasteiger partial charge in [-0.05, 0) is 78.3 Å². The van der Waals surface area contributed by atoms with Gasteiger partial charge in [-0.1, -0.05) is 61.5 Å². The van der Waals surface area contributed by atoms with Gasteiger partial charge in [-0.25, -0.2) is 0 Å². The molecule has 4 rings (SSSR count). The van der Waals surface area contributed by atoms with Gasteiger partial charge >= 0.3 is 0 Å². The second kappa shape index (κ2) is 12.6. The van der Waals surface area contributed by atoms with Gasteiger partial charge in [-0.3, -0.25) is 9.79 Å². The van der Waals surface area contributed by atoms with Crippen LogP contribution >= 0.6 is 0 Å². The first-order chi connectivity index (χ1) is 19.1. The number of aliphatic hydroxyl groups excluding tert-OH is 1. The lowest BCUT2D eigenvalue weighted by molar-refractivity contribution is -0.121. The van der Waals surface area contributed by atoms with E-state index < -0.39 is 11.1 Å². The lowest BCUT2D eigenvalue weighted by Crippen LogP contribution is -2.38. The molecule has 3 aromatic rings. The fourth-order valence-corrected chi connectivity index (χ4v) is 5.36. The van der Waals surface area contributed by atoms with Gasteiger partial charge < -0.3 is 20.6 Å². The number of aliphatic hydroxyl groups is 2. The van der Waals surface area contributed by atoms with Crippen LogP contribution in [-0.4, -0.2) is 33.0 Å². The standard InChI is InChI=1S/C34H40N2O4/c1-4-33(15-6-16-36-33)23-34(40,30-12-13-31(38)29(19-30)22-37)20-27-8-5-7-26(18-27)11-14-32(39)35-21-28-10-9-24(2)25(3)17-28/h5-10,12-13,15-19,37-38,40H,4,11,14,20-23H2,1-3H3,(H,35,39). The summed E-state index contributed by atoms with van der Waals surface area (Å²) in [6.45, 7) is 6.38. The monoisotopic (exact) mass is 540 g/mol. The lowest BCUT2D eigenvalue weighted by atomic mass is 9.75. The van der Waals surface area contributed by atoms with E-state index in [-0.39, 0.29) is 18.3 Å². The minimum absolute atomic E-state index is 0.00321. The minimum Gasteiger partial charge on any atom is -0.508 e. The molecule has 40 heavy (non-hydrogen) atoms. The molecular weight excluding hydrogens is 500 g/mol. The van der Waals surface area contributed by atoms with E-state index >= 15 is 0 Å². The number of carbonyl (C=O) groups excluding carboxylic acids is 1. The number of aliphatic imine (C=N–C) groups is 1. The van der Waals surface area contributed by atoms with E-state index in [1.807, 2.05) is 42.5 Å². The van der Waals surface area contributed by atoms with E-state index in [9.17, 15) is 20.1 Å². The summed E-state index contributed by atoms with van der Waals surface area (Å²) in [6.07, 6.45) is 8.06. The summed E-state index contributed by atoms with van der Waals surface area (Å²) in [7, 11) is 0. The van der Waals surface area contributed by atoms with Crippen LogP contribution in [0.5, 0.6) is 5.75 Å². The molecule has 6 nitrogen and oxygen atoms in total. The molecule has 0 radical (unpaired) electrons. The average molecular weight is 541 g/mol. The zero-order valence-electron chi connectivity index (χ0n) is 23.7. The number of aryl methyl sites for hydroxylation is 3. The first-order valence-corrected chi connectivity index (χ1v) is 13.9.